The van der Waals surface area contributed by atoms with Crippen LogP contribution in [0.1, 0.15) is 29.7 Å². The lowest BCUT2D eigenvalue weighted by Gasteiger charge is -2.17. The summed E-state index contributed by atoms with van der Waals surface area (Å²) in [4.78, 5) is 4.62. The summed E-state index contributed by atoms with van der Waals surface area (Å²) in [6.07, 6.45) is 2.60. The Labute approximate surface area is 136 Å². The van der Waals surface area contributed by atoms with Gasteiger partial charge in [-0.3, -0.25) is 4.98 Å². The second-order valence-corrected chi connectivity index (χ2v) is 5.99. The van der Waals surface area contributed by atoms with Crippen LogP contribution in [0.15, 0.2) is 66.9 Å². The van der Waals surface area contributed by atoms with Gasteiger partial charge in [0.1, 0.15) is 5.82 Å². The topological polar surface area (TPSA) is 12.9 Å². The van der Waals surface area contributed by atoms with Crippen LogP contribution in [0.25, 0.3) is 11.1 Å². The van der Waals surface area contributed by atoms with Crippen LogP contribution in [0.4, 0.5) is 4.39 Å². The predicted octanol–water partition coefficient (Wildman–Crippen LogP) is 5.54. The molecule has 3 rings (SSSR count). The first kappa shape index (κ1) is 15.4. The molecule has 1 aromatic heterocycles. The van der Waals surface area contributed by atoms with Crippen LogP contribution >= 0.6 is 0 Å². The Kier molecular flexibility index (Phi) is 4.52. The molecule has 0 saturated carbocycles. The van der Waals surface area contributed by atoms with Gasteiger partial charge in [0.25, 0.3) is 0 Å². The highest BCUT2D eigenvalue weighted by molar-refractivity contribution is 5.69. The van der Waals surface area contributed by atoms with Crippen molar-refractivity contribution >= 4 is 0 Å². The molecular weight excluding hydrogens is 285 g/mol. The second kappa shape index (κ2) is 6.74. The summed E-state index contributed by atoms with van der Waals surface area (Å²) in [6, 6.07) is 19.2. The van der Waals surface area contributed by atoms with Gasteiger partial charge in [-0.2, -0.15) is 0 Å². The number of aryl methyl sites for hydroxylation is 1. The first-order chi connectivity index (χ1) is 11.1. The van der Waals surface area contributed by atoms with E-state index in [0.717, 1.165) is 23.2 Å². The summed E-state index contributed by atoms with van der Waals surface area (Å²) in [7, 11) is 0. The molecule has 23 heavy (non-hydrogen) atoms. The van der Waals surface area contributed by atoms with Gasteiger partial charge in [-0.05, 0) is 48.2 Å². The molecule has 2 aromatic carbocycles. The Morgan fingerprint density at radius 1 is 0.957 bits per heavy atom. The molecule has 3 aromatic rings. The standard InChI is InChI=1S/C21H20FN/c1-15-7-3-4-10-19(15)20-11-6-12-23-21(20)16(2)13-17-8-5-9-18(22)14-17/h3-12,14,16H,13H2,1-2H3. The van der Waals surface area contributed by atoms with E-state index in [9.17, 15) is 4.39 Å². The Balaban J connectivity index is 1.96. The van der Waals surface area contributed by atoms with E-state index in [2.05, 4.69) is 43.1 Å². The van der Waals surface area contributed by atoms with Gasteiger partial charge in [-0.25, -0.2) is 4.39 Å². The number of rotatable bonds is 4. The SMILES string of the molecule is Cc1ccccc1-c1cccnc1C(C)Cc1cccc(F)c1. The minimum Gasteiger partial charge on any atom is -0.260 e. The number of halogens is 1. The molecule has 0 saturated heterocycles. The predicted molar refractivity (Wildman–Crippen MR) is 92.9 cm³/mol. The van der Waals surface area contributed by atoms with Crippen LogP contribution < -0.4 is 0 Å². The zero-order valence-corrected chi connectivity index (χ0v) is 13.5. The van der Waals surface area contributed by atoms with Gasteiger partial charge in [0.15, 0.2) is 0 Å². The van der Waals surface area contributed by atoms with Crippen molar-refractivity contribution in [1.29, 1.82) is 0 Å². The molecule has 0 spiro atoms. The third-order valence-corrected chi connectivity index (χ3v) is 4.17. The maximum atomic E-state index is 13.4. The molecule has 0 N–H and O–H groups in total. The van der Waals surface area contributed by atoms with Crippen LogP contribution in [0.2, 0.25) is 0 Å². The van der Waals surface area contributed by atoms with E-state index < -0.39 is 0 Å². The number of hydrogen-bond acceptors (Lipinski definition) is 1. The van der Waals surface area contributed by atoms with Gasteiger partial charge in [0, 0.05) is 17.7 Å². The first-order valence-corrected chi connectivity index (χ1v) is 7.90. The summed E-state index contributed by atoms with van der Waals surface area (Å²) >= 11 is 0. The van der Waals surface area contributed by atoms with Crippen LogP contribution in [-0.4, -0.2) is 4.98 Å². The van der Waals surface area contributed by atoms with Crippen molar-refractivity contribution in [1.82, 2.24) is 4.98 Å². The van der Waals surface area contributed by atoms with Gasteiger partial charge < -0.3 is 0 Å². The molecule has 0 fully saturated rings. The molecule has 0 aliphatic rings. The fourth-order valence-electron chi connectivity index (χ4n) is 3.03. The molecule has 1 nitrogen and oxygen atoms in total. The van der Waals surface area contributed by atoms with Crippen molar-refractivity contribution in [2.24, 2.45) is 0 Å². The lowest BCUT2D eigenvalue weighted by molar-refractivity contribution is 0.622. The summed E-state index contributed by atoms with van der Waals surface area (Å²) in [5, 5.41) is 0. The van der Waals surface area contributed by atoms with Crippen molar-refractivity contribution in [3.8, 4) is 11.1 Å². The van der Waals surface area contributed by atoms with Crippen molar-refractivity contribution in [3.05, 3.63) is 89.5 Å². The maximum absolute atomic E-state index is 13.4. The van der Waals surface area contributed by atoms with E-state index in [1.165, 1.54) is 17.2 Å². The highest BCUT2D eigenvalue weighted by Gasteiger charge is 2.15. The number of benzene rings is 2. The van der Waals surface area contributed by atoms with Gasteiger partial charge in [-0.1, -0.05) is 49.4 Å². The summed E-state index contributed by atoms with van der Waals surface area (Å²) in [5.41, 5.74) is 5.67. The molecular formula is C21H20FN. The average Bonchev–Trinajstić information content (AvgIpc) is 2.55. The molecule has 0 bridgehead atoms. The lowest BCUT2D eigenvalue weighted by atomic mass is 9.90. The number of pyridine rings is 1. The summed E-state index contributed by atoms with van der Waals surface area (Å²) < 4.78 is 13.4. The normalized spacial score (nSPS) is 12.1. The fourth-order valence-corrected chi connectivity index (χ4v) is 3.03. The largest absolute Gasteiger partial charge is 0.260 e. The Morgan fingerprint density at radius 3 is 2.52 bits per heavy atom. The third-order valence-electron chi connectivity index (χ3n) is 4.17. The highest BCUT2D eigenvalue weighted by atomic mass is 19.1. The van der Waals surface area contributed by atoms with E-state index >= 15 is 0 Å². The minimum atomic E-state index is -0.185. The van der Waals surface area contributed by atoms with Crippen LogP contribution in [-0.2, 0) is 6.42 Å². The molecule has 0 aliphatic carbocycles. The van der Waals surface area contributed by atoms with Crippen molar-refractivity contribution in [2.45, 2.75) is 26.2 Å². The quantitative estimate of drug-likeness (QED) is 0.616. The Hall–Kier alpha value is -2.48. The smallest absolute Gasteiger partial charge is 0.123 e. The van der Waals surface area contributed by atoms with Crippen molar-refractivity contribution < 1.29 is 4.39 Å². The third kappa shape index (κ3) is 3.48. The lowest BCUT2D eigenvalue weighted by Crippen LogP contribution is -2.04. The van der Waals surface area contributed by atoms with Gasteiger partial charge >= 0.3 is 0 Å². The second-order valence-electron chi connectivity index (χ2n) is 5.99. The van der Waals surface area contributed by atoms with Crippen LogP contribution in [0.5, 0.6) is 0 Å². The van der Waals surface area contributed by atoms with E-state index in [0.29, 0.717) is 0 Å². The molecule has 116 valence electrons. The van der Waals surface area contributed by atoms with Crippen LogP contribution in [0.3, 0.4) is 0 Å². The van der Waals surface area contributed by atoms with Crippen LogP contribution in [0, 0.1) is 12.7 Å². The number of aromatic nitrogens is 1. The monoisotopic (exact) mass is 305 g/mol. The van der Waals surface area contributed by atoms with E-state index in [1.54, 1.807) is 12.1 Å². The first-order valence-electron chi connectivity index (χ1n) is 7.90. The summed E-state index contributed by atoms with van der Waals surface area (Å²) in [5.74, 6) is 0.0301. The van der Waals surface area contributed by atoms with Gasteiger partial charge in [0.05, 0.1) is 5.69 Å². The molecule has 2 heteroatoms. The molecule has 1 atom stereocenters. The molecule has 0 aliphatic heterocycles. The molecule has 0 radical (unpaired) electrons. The average molecular weight is 305 g/mol. The minimum absolute atomic E-state index is 0.185. The highest BCUT2D eigenvalue weighted by Crippen LogP contribution is 2.31. The van der Waals surface area contributed by atoms with Gasteiger partial charge in [0.2, 0.25) is 0 Å². The van der Waals surface area contributed by atoms with E-state index in [-0.39, 0.29) is 11.7 Å². The van der Waals surface area contributed by atoms with E-state index in [4.69, 9.17) is 0 Å². The molecule has 1 heterocycles. The van der Waals surface area contributed by atoms with Crippen molar-refractivity contribution in [3.63, 3.8) is 0 Å². The fraction of sp³-hybridized carbons (Fsp3) is 0.190. The van der Waals surface area contributed by atoms with E-state index in [1.807, 2.05) is 24.4 Å². The zero-order chi connectivity index (χ0) is 16.2. The maximum Gasteiger partial charge on any atom is 0.123 e. The Morgan fingerprint density at radius 2 is 1.74 bits per heavy atom. The molecule has 0 amide bonds. The van der Waals surface area contributed by atoms with Crippen molar-refractivity contribution in [2.75, 3.05) is 0 Å². The number of nitrogens with zero attached hydrogens (tertiary/aromatic N) is 1. The summed E-state index contributed by atoms with van der Waals surface area (Å²) in [6.45, 7) is 4.26. The van der Waals surface area contributed by atoms with Gasteiger partial charge in [-0.15, -0.1) is 0 Å². The molecule has 1 unspecified atom stereocenters. The Bertz CT molecular complexity index is 810. The number of hydrogen-bond donors (Lipinski definition) is 0. The zero-order valence-electron chi connectivity index (χ0n) is 13.5.